The molecule has 0 atom stereocenters. The van der Waals surface area contributed by atoms with E-state index >= 15 is 0 Å². The van der Waals surface area contributed by atoms with Crippen LogP contribution >= 0.6 is 0 Å². The number of aryl methyl sites for hydroxylation is 2. The quantitative estimate of drug-likeness (QED) is 0.817. The largest absolute Gasteiger partial charge is 0.481 e. The van der Waals surface area contributed by atoms with Crippen LogP contribution in [0.1, 0.15) is 25.1 Å². The maximum absolute atomic E-state index is 12.0. The van der Waals surface area contributed by atoms with E-state index in [0.717, 1.165) is 0 Å². The maximum Gasteiger partial charge on any atom is 0.389 e. The molecule has 1 heterocycles. The Morgan fingerprint density at radius 1 is 1.41 bits per heavy atom. The first-order valence-corrected chi connectivity index (χ1v) is 4.92. The Morgan fingerprint density at radius 3 is 2.71 bits per heavy atom. The first kappa shape index (κ1) is 13.4. The topological polar surface area (TPSA) is 80.9 Å². The number of halogens is 3. The SMILES string of the molecule is O=C(O)CCCn1nnnc1CCC(F)(F)F. The summed E-state index contributed by atoms with van der Waals surface area (Å²) in [6, 6.07) is 0. The van der Waals surface area contributed by atoms with Gasteiger partial charge < -0.3 is 5.11 Å². The highest BCUT2D eigenvalue weighted by Gasteiger charge is 2.27. The third-order valence-corrected chi connectivity index (χ3v) is 2.00. The zero-order valence-electron chi connectivity index (χ0n) is 8.81. The normalized spacial score (nSPS) is 11.7. The third-order valence-electron chi connectivity index (χ3n) is 2.00. The first-order chi connectivity index (χ1) is 7.88. The van der Waals surface area contributed by atoms with Crippen molar-refractivity contribution in [2.24, 2.45) is 0 Å². The molecule has 17 heavy (non-hydrogen) atoms. The van der Waals surface area contributed by atoms with Gasteiger partial charge in [0.05, 0.1) is 6.42 Å². The maximum atomic E-state index is 12.0. The molecule has 0 saturated heterocycles. The summed E-state index contributed by atoms with van der Waals surface area (Å²) < 4.78 is 37.1. The molecule has 0 bridgehead atoms. The highest BCUT2D eigenvalue weighted by atomic mass is 19.4. The number of rotatable bonds is 6. The van der Waals surface area contributed by atoms with Crippen molar-refractivity contribution in [1.29, 1.82) is 0 Å². The molecule has 9 heteroatoms. The van der Waals surface area contributed by atoms with Crippen LogP contribution in [0.15, 0.2) is 0 Å². The predicted octanol–water partition coefficient (Wildman–Crippen LogP) is 1.03. The lowest BCUT2D eigenvalue weighted by molar-refractivity contribution is -0.137. The number of aromatic nitrogens is 4. The molecule has 0 saturated carbocycles. The number of nitrogens with zero attached hydrogens (tertiary/aromatic N) is 4. The smallest absolute Gasteiger partial charge is 0.389 e. The average Bonchev–Trinajstić information content (AvgIpc) is 2.61. The van der Waals surface area contributed by atoms with Crippen molar-refractivity contribution in [2.45, 2.75) is 38.4 Å². The molecule has 1 aromatic heterocycles. The van der Waals surface area contributed by atoms with E-state index < -0.39 is 18.6 Å². The number of tetrazole rings is 1. The van der Waals surface area contributed by atoms with Gasteiger partial charge in [-0.2, -0.15) is 13.2 Å². The molecule has 0 radical (unpaired) electrons. The van der Waals surface area contributed by atoms with Gasteiger partial charge in [-0.05, 0) is 16.8 Å². The van der Waals surface area contributed by atoms with Gasteiger partial charge in [0.15, 0.2) is 5.82 Å². The van der Waals surface area contributed by atoms with Gasteiger partial charge in [0.25, 0.3) is 0 Å². The molecular weight excluding hydrogens is 241 g/mol. The number of alkyl halides is 3. The van der Waals surface area contributed by atoms with Crippen LogP contribution in [0.25, 0.3) is 0 Å². The van der Waals surface area contributed by atoms with Crippen molar-refractivity contribution in [3.8, 4) is 0 Å². The van der Waals surface area contributed by atoms with Gasteiger partial charge in [0, 0.05) is 19.4 Å². The van der Waals surface area contributed by atoms with E-state index in [9.17, 15) is 18.0 Å². The van der Waals surface area contributed by atoms with E-state index in [0.29, 0.717) is 0 Å². The van der Waals surface area contributed by atoms with Gasteiger partial charge in [0.2, 0.25) is 0 Å². The van der Waals surface area contributed by atoms with Crippen LogP contribution in [0.3, 0.4) is 0 Å². The van der Waals surface area contributed by atoms with Gasteiger partial charge in [-0.3, -0.25) is 4.79 Å². The number of carbonyl (C=O) groups is 1. The predicted molar refractivity (Wildman–Crippen MR) is 49.1 cm³/mol. The van der Waals surface area contributed by atoms with Crippen LogP contribution in [0.5, 0.6) is 0 Å². The van der Waals surface area contributed by atoms with Gasteiger partial charge in [-0.1, -0.05) is 0 Å². The minimum atomic E-state index is -4.25. The summed E-state index contributed by atoms with van der Waals surface area (Å²) in [4.78, 5) is 10.3. The zero-order chi connectivity index (χ0) is 12.9. The van der Waals surface area contributed by atoms with Crippen LogP contribution in [0.2, 0.25) is 0 Å². The second-order valence-electron chi connectivity index (χ2n) is 3.43. The lowest BCUT2D eigenvalue weighted by Crippen LogP contribution is -2.13. The van der Waals surface area contributed by atoms with Gasteiger partial charge >= 0.3 is 12.1 Å². The van der Waals surface area contributed by atoms with Gasteiger partial charge in [-0.25, -0.2) is 4.68 Å². The molecule has 1 rings (SSSR count). The summed E-state index contributed by atoms with van der Waals surface area (Å²) in [5.74, 6) is -0.845. The number of carboxylic acids is 1. The Morgan fingerprint density at radius 2 is 2.12 bits per heavy atom. The van der Waals surface area contributed by atoms with Crippen LogP contribution in [-0.4, -0.2) is 37.5 Å². The van der Waals surface area contributed by atoms with Crippen molar-refractivity contribution in [1.82, 2.24) is 20.2 Å². The van der Waals surface area contributed by atoms with Gasteiger partial charge in [0.1, 0.15) is 0 Å². The molecular formula is C8H11F3N4O2. The van der Waals surface area contributed by atoms with E-state index in [-0.39, 0.29) is 31.6 Å². The van der Waals surface area contributed by atoms with E-state index in [1.165, 1.54) is 4.68 Å². The minimum absolute atomic E-state index is 0.0709. The van der Waals surface area contributed by atoms with Crippen molar-refractivity contribution in [3.63, 3.8) is 0 Å². The summed E-state index contributed by atoms with van der Waals surface area (Å²) in [7, 11) is 0. The Balaban J connectivity index is 2.45. The number of aliphatic carboxylic acids is 1. The highest BCUT2D eigenvalue weighted by molar-refractivity contribution is 5.66. The Bertz CT molecular complexity index is 377. The monoisotopic (exact) mass is 252 g/mol. The molecule has 1 N–H and O–H groups in total. The Hall–Kier alpha value is -1.67. The van der Waals surface area contributed by atoms with Gasteiger partial charge in [-0.15, -0.1) is 5.10 Å². The summed E-state index contributed by atoms with van der Waals surface area (Å²) in [6.45, 7) is 0.201. The second-order valence-corrected chi connectivity index (χ2v) is 3.43. The summed E-state index contributed by atoms with van der Waals surface area (Å²) >= 11 is 0. The summed E-state index contributed by atoms with van der Waals surface area (Å²) in [5, 5.41) is 18.7. The molecule has 0 spiro atoms. The summed E-state index contributed by atoms with van der Waals surface area (Å²) in [5.41, 5.74) is 0. The fraction of sp³-hybridized carbons (Fsp3) is 0.750. The average molecular weight is 252 g/mol. The van der Waals surface area contributed by atoms with E-state index in [1.54, 1.807) is 0 Å². The Kier molecular flexibility index (Phi) is 4.41. The molecule has 0 unspecified atom stereocenters. The fourth-order valence-electron chi connectivity index (χ4n) is 1.21. The second kappa shape index (κ2) is 5.60. The van der Waals surface area contributed by atoms with E-state index in [2.05, 4.69) is 15.5 Å². The van der Waals surface area contributed by atoms with Crippen molar-refractivity contribution >= 4 is 5.97 Å². The molecule has 0 aliphatic carbocycles. The molecule has 0 amide bonds. The third kappa shape index (κ3) is 5.27. The fourth-order valence-corrected chi connectivity index (χ4v) is 1.21. The zero-order valence-corrected chi connectivity index (χ0v) is 8.81. The first-order valence-electron chi connectivity index (χ1n) is 4.92. The highest BCUT2D eigenvalue weighted by Crippen LogP contribution is 2.21. The molecule has 1 aromatic rings. The standard InChI is InChI=1S/C8H11F3N4O2/c9-8(10,11)4-3-6-12-13-14-15(6)5-1-2-7(16)17/h1-5H2,(H,16,17). The van der Waals surface area contributed by atoms with Crippen molar-refractivity contribution < 1.29 is 23.1 Å². The number of hydrogen-bond donors (Lipinski definition) is 1. The van der Waals surface area contributed by atoms with Crippen LogP contribution in [0.4, 0.5) is 13.2 Å². The molecule has 6 nitrogen and oxygen atoms in total. The summed E-state index contributed by atoms with van der Waals surface area (Å²) in [6.07, 6.45) is -5.34. The van der Waals surface area contributed by atoms with E-state index in [1.807, 2.05) is 0 Å². The minimum Gasteiger partial charge on any atom is -0.481 e. The van der Waals surface area contributed by atoms with Crippen LogP contribution in [0, 0.1) is 0 Å². The van der Waals surface area contributed by atoms with Crippen LogP contribution in [-0.2, 0) is 17.8 Å². The lowest BCUT2D eigenvalue weighted by atomic mass is 10.2. The van der Waals surface area contributed by atoms with E-state index in [4.69, 9.17) is 5.11 Å². The lowest BCUT2D eigenvalue weighted by Gasteiger charge is -2.06. The molecule has 0 fully saturated rings. The van der Waals surface area contributed by atoms with Crippen molar-refractivity contribution in [3.05, 3.63) is 5.82 Å². The molecule has 96 valence electrons. The molecule has 0 aliphatic rings. The Labute approximate surface area is 94.4 Å². The number of hydrogen-bond acceptors (Lipinski definition) is 4. The van der Waals surface area contributed by atoms with Crippen LogP contribution < -0.4 is 0 Å². The molecule has 0 aromatic carbocycles. The number of carboxylic acid groups (broad SMARTS) is 1. The molecule has 0 aliphatic heterocycles. The van der Waals surface area contributed by atoms with Crippen molar-refractivity contribution in [2.75, 3.05) is 0 Å².